The van der Waals surface area contributed by atoms with Crippen molar-refractivity contribution in [2.75, 3.05) is 6.54 Å². The molecule has 15 heavy (non-hydrogen) atoms. The Morgan fingerprint density at radius 3 is 3.07 bits per heavy atom. The van der Waals surface area contributed by atoms with E-state index in [1.54, 1.807) is 0 Å². The lowest BCUT2D eigenvalue weighted by molar-refractivity contribution is 0.456. The molecular weight excluding hydrogens is 186 g/mol. The van der Waals surface area contributed by atoms with E-state index < -0.39 is 0 Å². The standard InChI is InChI=1S/C12H21N3/c1-2-11-4-5-12(10-11)13-7-9-15-8-3-6-14-15/h3,6,8,11-13H,2,4-5,7,9-10H2,1H3. The van der Waals surface area contributed by atoms with Crippen LogP contribution < -0.4 is 5.32 Å². The molecule has 1 aromatic rings. The largest absolute Gasteiger partial charge is 0.312 e. The average Bonchev–Trinajstić information content (AvgIpc) is 2.88. The lowest BCUT2D eigenvalue weighted by Crippen LogP contribution is -2.29. The van der Waals surface area contributed by atoms with Crippen molar-refractivity contribution >= 4 is 0 Å². The second-order valence-corrected chi connectivity index (χ2v) is 4.51. The second kappa shape index (κ2) is 5.31. The first-order valence-corrected chi connectivity index (χ1v) is 6.09. The summed E-state index contributed by atoms with van der Waals surface area (Å²) in [5.41, 5.74) is 0. The summed E-state index contributed by atoms with van der Waals surface area (Å²) < 4.78 is 1.99. The molecule has 0 bridgehead atoms. The zero-order valence-corrected chi connectivity index (χ0v) is 9.52. The van der Waals surface area contributed by atoms with Crippen LogP contribution in [0.1, 0.15) is 32.6 Å². The Morgan fingerprint density at radius 2 is 2.40 bits per heavy atom. The van der Waals surface area contributed by atoms with Gasteiger partial charge in [0.1, 0.15) is 0 Å². The number of hydrogen-bond donors (Lipinski definition) is 1. The summed E-state index contributed by atoms with van der Waals surface area (Å²) in [5, 5.41) is 7.81. The minimum Gasteiger partial charge on any atom is -0.312 e. The maximum atomic E-state index is 4.19. The zero-order valence-electron chi connectivity index (χ0n) is 9.52. The number of nitrogens with zero attached hydrogens (tertiary/aromatic N) is 2. The van der Waals surface area contributed by atoms with Crippen LogP contribution >= 0.6 is 0 Å². The quantitative estimate of drug-likeness (QED) is 0.801. The molecule has 1 N–H and O–H groups in total. The van der Waals surface area contributed by atoms with Gasteiger partial charge in [0.05, 0.1) is 6.54 Å². The van der Waals surface area contributed by atoms with E-state index in [1.165, 1.54) is 25.7 Å². The third-order valence-electron chi connectivity index (χ3n) is 3.45. The minimum absolute atomic E-state index is 0.755. The summed E-state index contributed by atoms with van der Waals surface area (Å²) in [4.78, 5) is 0. The van der Waals surface area contributed by atoms with Crippen LogP contribution in [0.5, 0.6) is 0 Å². The Kier molecular flexibility index (Phi) is 3.78. The van der Waals surface area contributed by atoms with Crippen LogP contribution in [0, 0.1) is 5.92 Å². The fourth-order valence-electron chi connectivity index (χ4n) is 2.45. The monoisotopic (exact) mass is 207 g/mol. The van der Waals surface area contributed by atoms with E-state index >= 15 is 0 Å². The van der Waals surface area contributed by atoms with Gasteiger partial charge in [-0.15, -0.1) is 0 Å². The molecule has 1 heterocycles. The third kappa shape index (κ3) is 3.06. The summed E-state index contributed by atoms with van der Waals surface area (Å²) in [6, 6.07) is 2.73. The van der Waals surface area contributed by atoms with Crippen LogP contribution in [0.2, 0.25) is 0 Å². The molecule has 0 spiro atoms. The van der Waals surface area contributed by atoms with Gasteiger partial charge in [0.25, 0.3) is 0 Å². The molecule has 1 saturated carbocycles. The molecule has 0 aromatic carbocycles. The molecule has 0 radical (unpaired) electrons. The van der Waals surface area contributed by atoms with Crippen LogP contribution in [-0.4, -0.2) is 22.4 Å². The fraction of sp³-hybridized carbons (Fsp3) is 0.750. The lowest BCUT2D eigenvalue weighted by atomic mass is 10.1. The van der Waals surface area contributed by atoms with Crippen molar-refractivity contribution in [2.24, 2.45) is 5.92 Å². The van der Waals surface area contributed by atoms with Crippen LogP contribution in [0.15, 0.2) is 18.5 Å². The minimum atomic E-state index is 0.755. The molecule has 1 aromatic heterocycles. The van der Waals surface area contributed by atoms with E-state index in [2.05, 4.69) is 17.3 Å². The second-order valence-electron chi connectivity index (χ2n) is 4.51. The Bertz CT molecular complexity index is 268. The molecule has 2 atom stereocenters. The van der Waals surface area contributed by atoms with Crippen LogP contribution in [0.25, 0.3) is 0 Å². The number of nitrogens with one attached hydrogen (secondary N) is 1. The Balaban J connectivity index is 1.63. The van der Waals surface area contributed by atoms with Crippen molar-refractivity contribution in [1.82, 2.24) is 15.1 Å². The predicted octanol–water partition coefficient (Wildman–Crippen LogP) is 2.05. The van der Waals surface area contributed by atoms with Gasteiger partial charge in [0, 0.05) is 25.0 Å². The van der Waals surface area contributed by atoms with Crippen LogP contribution in [0.3, 0.4) is 0 Å². The van der Waals surface area contributed by atoms with Crippen molar-refractivity contribution < 1.29 is 0 Å². The summed E-state index contributed by atoms with van der Waals surface area (Å²) in [6.45, 7) is 4.33. The van der Waals surface area contributed by atoms with E-state index in [9.17, 15) is 0 Å². The van der Waals surface area contributed by atoms with Crippen LogP contribution in [0.4, 0.5) is 0 Å². The molecule has 1 aliphatic rings. The first-order valence-electron chi connectivity index (χ1n) is 6.09. The first kappa shape index (κ1) is 10.7. The highest BCUT2D eigenvalue weighted by molar-refractivity contribution is 4.81. The van der Waals surface area contributed by atoms with Gasteiger partial charge in [0.15, 0.2) is 0 Å². The molecule has 3 nitrogen and oxygen atoms in total. The van der Waals surface area contributed by atoms with Gasteiger partial charge < -0.3 is 5.32 Å². The van der Waals surface area contributed by atoms with Crippen molar-refractivity contribution in [3.05, 3.63) is 18.5 Å². The Hall–Kier alpha value is -0.830. The maximum absolute atomic E-state index is 4.19. The fourth-order valence-corrected chi connectivity index (χ4v) is 2.45. The summed E-state index contributed by atoms with van der Waals surface area (Å²) >= 11 is 0. The van der Waals surface area contributed by atoms with Crippen molar-refractivity contribution in [3.8, 4) is 0 Å². The number of rotatable bonds is 5. The SMILES string of the molecule is CCC1CCC(NCCn2cccn2)C1. The van der Waals surface area contributed by atoms with E-state index in [0.29, 0.717) is 0 Å². The third-order valence-corrected chi connectivity index (χ3v) is 3.45. The summed E-state index contributed by atoms with van der Waals surface area (Å²) in [7, 11) is 0. The van der Waals surface area contributed by atoms with E-state index in [4.69, 9.17) is 0 Å². The number of aromatic nitrogens is 2. The predicted molar refractivity (Wildman–Crippen MR) is 61.6 cm³/mol. The number of hydrogen-bond acceptors (Lipinski definition) is 2. The van der Waals surface area contributed by atoms with E-state index in [1.807, 2.05) is 23.1 Å². The molecule has 0 amide bonds. The van der Waals surface area contributed by atoms with E-state index in [0.717, 1.165) is 25.0 Å². The maximum Gasteiger partial charge on any atom is 0.0534 e. The van der Waals surface area contributed by atoms with Crippen molar-refractivity contribution in [3.63, 3.8) is 0 Å². The lowest BCUT2D eigenvalue weighted by Gasteiger charge is -2.12. The summed E-state index contributed by atoms with van der Waals surface area (Å²) in [5.74, 6) is 0.965. The molecule has 84 valence electrons. The van der Waals surface area contributed by atoms with Gasteiger partial charge in [-0.05, 0) is 31.2 Å². The highest BCUT2D eigenvalue weighted by Crippen LogP contribution is 2.27. The topological polar surface area (TPSA) is 29.9 Å². The zero-order chi connectivity index (χ0) is 10.5. The Labute approximate surface area is 91.9 Å². The normalized spacial score (nSPS) is 25.9. The Morgan fingerprint density at radius 1 is 1.47 bits per heavy atom. The highest BCUT2D eigenvalue weighted by atomic mass is 15.3. The van der Waals surface area contributed by atoms with Gasteiger partial charge in [-0.3, -0.25) is 4.68 Å². The van der Waals surface area contributed by atoms with Gasteiger partial charge in [-0.1, -0.05) is 13.3 Å². The molecule has 1 aliphatic carbocycles. The molecule has 1 fully saturated rings. The molecule has 2 unspecified atom stereocenters. The molecule has 0 aliphatic heterocycles. The van der Waals surface area contributed by atoms with Crippen LogP contribution in [-0.2, 0) is 6.54 Å². The average molecular weight is 207 g/mol. The first-order chi connectivity index (χ1) is 7.38. The molecule has 3 heteroatoms. The molecule has 0 saturated heterocycles. The summed E-state index contributed by atoms with van der Waals surface area (Å²) in [6.07, 6.45) is 9.34. The van der Waals surface area contributed by atoms with E-state index in [-0.39, 0.29) is 0 Å². The smallest absolute Gasteiger partial charge is 0.0534 e. The van der Waals surface area contributed by atoms with Gasteiger partial charge in [-0.2, -0.15) is 5.10 Å². The molecular formula is C12H21N3. The van der Waals surface area contributed by atoms with Crippen molar-refractivity contribution in [1.29, 1.82) is 0 Å². The van der Waals surface area contributed by atoms with Gasteiger partial charge >= 0.3 is 0 Å². The van der Waals surface area contributed by atoms with Gasteiger partial charge in [-0.25, -0.2) is 0 Å². The molecule has 2 rings (SSSR count). The van der Waals surface area contributed by atoms with Gasteiger partial charge in [0.2, 0.25) is 0 Å². The van der Waals surface area contributed by atoms with Crippen molar-refractivity contribution in [2.45, 2.75) is 45.2 Å². The highest BCUT2D eigenvalue weighted by Gasteiger charge is 2.22.